The second-order valence-electron chi connectivity index (χ2n) is 2.91. The number of rotatable bonds is 1. The maximum Gasteiger partial charge on any atom is 0.271 e. The lowest BCUT2D eigenvalue weighted by atomic mass is 10.1. The van der Waals surface area contributed by atoms with Gasteiger partial charge in [-0.1, -0.05) is 6.07 Å². The molecule has 0 N–H and O–H groups in total. The van der Waals surface area contributed by atoms with E-state index in [0.717, 1.165) is 18.7 Å². The van der Waals surface area contributed by atoms with Crippen LogP contribution in [0.4, 0.5) is 11.4 Å². The van der Waals surface area contributed by atoms with Crippen LogP contribution in [0.5, 0.6) is 0 Å². The Hall–Kier alpha value is -0.850. The van der Waals surface area contributed by atoms with E-state index in [1.807, 2.05) is 9.18 Å². The van der Waals surface area contributed by atoms with Gasteiger partial charge in [0.05, 0.1) is 33.5 Å². The molecule has 1 aromatic rings. The number of anilines is 1. The summed E-state index contributed by atoms with van der Waals surface area (Å²) in [4.78, 5) is 10.1. The van der Waals surface area contributed by atoms with Gasteiger partial charge in [0.1, 0.15) is 0 Å². The van der Waals surface area contributed by atoms with E-state index in [4.69, 9.17) is 0 Å². The molecule has 1 aromatic carbocycles. The highest BCUT2D eigenvalue weighted by Gasteiger charge is 2.19. The van der Waals surface area contributed by atoms with Gasteiger partial charge < -0.3 is 3.11 Å². The molecule has 0 radical (unpaired) electrons. The van der Waals surface area contributed by atoms with Gasteiger partial charge in [0.2, 0.25) is 0 Å². The van der Waals surface area contributed by atoms with Gasteiger partial charge in [-0.3, -0.25) is 10.1 Å². The van der Waals surface area contributed by atoms with Crippen molar-refractivity contribution < 1.29 is 4.92 Å². The van der Waals surface area contributed by atoms with Crippen LogP contribution in [0.15, 0.2) is 18.2 Å². The minimum atomic E-state index is -0.358. The Morgan fingerprint density at radius 1 is 1.54 bits per heavy atom. The zero-order valence-corrected chi connectivity index (χ0v) is 8.89. The van der Waals surface area contributed by atoms with Gasteiger partial charge in [-0.15, -0.1) is 0 Å². The predicted molar refractivity (Wildman–Crippen MR) is 58.2 cm³/mol. The van der Waals surface area contributed by atoms with E-state index in [0.29, 0.717) is 0 Å². The number of halogens is 1. The maximum atomic E-state index is 10.5. The lowest BCUT2D eigenvalue weighted by molar-refractivity contribution is -0.384. The molecular formula is C8H7IN2O2. The third-order valence-electron chi connectivity index (χ3n) is 2.12. The molecule has 0 fully saturated rings. The van der Waals surface area contributed by atoms with Crippen molar-refractivity contribution in [2.45, 2.75) is 6.42 Å². The SMILES string of the molecule is O=[N+]([O-])c1ccc2c(c1)N(I)CC2. The molecule has 0 amide bonds. The highest BCUT2D eigenvalue weighted by molar-refractivity contribution is 14.1. The second-order valence-corrected chi connectivity index (χ2v) is 4.07. The van der Waals surface area contributed by atoms with Crippen LogP contribution in [0.2, 0.25) is 0 Å². The van der Waals surface area contributed by atoms with Gasteiger partial charge in [0.25, 0.3) is 5.69 Å². The van der Waals surface area contributed by atoms with Gasteiger partial charge in [0, 0.05) is 18.7 Å². The summed E-state index contributed by atoms with van der Waals surface area (Å²) in [6.07, 6.45) is 0.982. The molecule has 4 nitrogen and oxygen atoms in total. The van der Waals surface area contributed by atoms with Crippen LogP contribution in [0.3, 0.4) is 0 Å². The van der Waals surface area contributed by atoms with Crippen LogP contribution in [0.1, 0.15) is 5.56 Å². The Labute approximate surface area is 89.2 Å². The molecule has 0 aliphatic carbocycles. The van der Waals surface area contributed by atoms with E-state index in [-0.39, 0.29) is 10.6 Å². The Morgan fingerprint density at radius 2 is 2.31 bits per heavy atom. The van der Waals surface area contributed by atoms with Crippen LogP contribution in [0, 0.1) is 10.1 Å². The predicted octanol–water partition coefficient (Wildman–Crippen LogP) is 2.31. The minimum Gasteiger partial charge on any atom is -0.314 e. The molecule has 1 heterocycles. The smallest absolute Gasteiger partial charge is 0.271 e. The molecule has 0 aromatic heterocycles. The number of benzene rings is 1. The number of fused-ring (bicyclic) bond motifs is 1. The molecule has 13 heavy (non-hydrogen) atoms. The van der Waals surface area contributed by atoms with Crippen LogP contribution in [-0.2, 0) is 6.42 Å². The quantitative estimate of drug-likeness (QED) is 0.345. The Bertz CT molecular complexity index is 367. The molecule has 2 rings (SSSR count). The Kier molecular flexibility index (Phi) is 2.10. The van der Waals surface area contributed by atoms with E-state index in [9.17, 15) is 10.1 Å². The summed E-state index contributed by atoms with van der Waals surface area (Å²) < 4.78 is 2.01. The fourth-order valence-electron chi connectivity index (χ4n) is 1.44. The maximum absolute atomic E-state index is 10.5. The van der Waals surface area contributed by atoms with Crippen molar-refractivity contribution in [1.29, 1.82) is 0 Å². The highest BCUT2D eigenvalue weighted by atomic mass is 127. The largest absolute Gasteiger partial charge is 0.314 e. The van der Waals surface area contributed by atoms with E-state index in [2.05, 4.69) is 22.9 Å². The van der Waals surface area contributed by atoms with Crippen molar-refractivity contribution in [3.8, 4) is 0 Å². The summed E-state index contributed by atoms with van der Waals surface area (Å²) in [7, 11) is 0. The van der Waals surface area contributed by atoms with Gasteiger partial charge in [0.15, 0.2) is 0 Å². The number of hydrogen-bond acceptors (Lipinski definition) is 3. The normalized spacial score (nSPS) is 14.4. The van der Waals surface area contributed by atoms with E-state index >= 15 is 0 Å². The average molecular weight is 290 g/mol. The van der Waals surface area contributed by atoms with Crippen molar-refractivity contribution >= 4 is 34.2 Å². The van der Waals surface area contributed by atoms with E-state index in [1.54, 1.807) is 12.1 Å². The molecule has 0 saturated heterocycles. The van der Waals surface area contributed by atoms with E-state index < -0.39 is 0 Å². The second kappa shape index (κ2) is 3.13. The first-order valence-corrected chi connectivity index (χ1v) is 4.85. The van der Waals surface area contributed by atoms with Gasteiger partial charge in [-0.25, -0.2) is 0 Å². The third-order valence-corrected chi connectivity index (χ3v) is 3.12. The molecule has 0 atom stereocenters. The topological polar surface area (TPSA) is 46.4 Å². The zero-order chi connectivity index (χ0) is 9.42. The van der Waals surface area contributed by atoms with Crippen LogP contribution < -0.4 is 3.11 Å². The number of nitro benzene ring substituents is 1. The number of nitro groups is 1. The van der Waals surface area contributed by atoms with Crippen molar-refractivity contribution in [1.82, 2.24) is 0 Å². The standard InChI is InChI=1S/C8H7IN2O2/c9-10-4-3-6-1-2-7(11(12)13)5-8(6)10/h1-2,5H,3-4H2. The summed E-state index contributed by atoms with van der Waals surface area (Å²) in [6, 6.07) is 5.04. The van der Waals surface area contributed by atoms with Gasteiger partial charge in [-0.05, 0) is 12.0 Å². The third kappa shape index (κ3) is 1.48. The van der Waals surface area contributed by atoms with Crippen molar-refractivity contribution in [2.24, 2.45) is 0 Å². The Morgan fingerprint density at radius 3 is 3.00 bits per heavy atom. The first-order chi connectivity index (χ1) is 6.18. The fourth-order valence-corrected chi connectivity index (χ4v) is 2.13. The first-order valence-electron chi connectivity index (χ1n) is 3.89. The monoisotopic (exact) mass is 290 g/mol. The summed E-state index contributed by atoms with van der Waals surface area (Å²) >= 11 is 2.17. The average Bonchev–Trinajstić information content (AvgIpc) is 2.47. The van der Waals surface area contributed by atoms with Crippen molar-refractivity contribution in [2.75, 3.05) is 9.66 Å². The first kappa shape index (κ1) is 8.74. The molecule has 5 heteroatoms. The van der Waals surface area contributed by atoms with E-state index in [1.165, 1.54) is 5.56 Å². The fraction of sp³-hybridized carbons (Fsp3) is 0.250. The summed E-state index contributed by atoms with van der Waals surface area (Å²) in [5.41, 5.74) is 2.34. The summed E-state index contributed by atoms with van der Waals surface area (Å²) in [5.74, 6) is 0. The van der Waals surface area contributed by atoms with Crippen LogP contribution in [0.25, 0.3) is 0 Å². The molecule has 1 aliphatic rings. The van der Waals surface area contributed by atoms with Crippen LogP contribution in [-0.4, -0.2) is 11.5 Å². The molecular weight excluding hydrogens is 283 g/mol. The zero-order valence-electron chi connectivity index (χ0n) is 6.74. The lowest BCUT2D eigenvalue weighted by Gasteiger charge is -2.07. The summed E-state index contributed by atoms with van der Waals surface area (Å²) in [6.45, 7) is 0.942. The molecule has 0 unspecified atom stereocenters. The van der Waals surface area contributed by atoms with Crippen LogP contribution >= 0.6 is 22.9 Å². The molecule has 68 valence electrons. The number of non-ortho nitro benzene ring substituents is 1. The molecule has 0 spiro atoms. The summed E-state index contributed by atoms with van der Waals surface area (Å²) in [5, 5.41) is 10.5. The molecule has 0 saturated carbocycles. The highest BCUT2D eigenvalue weighted by Crippen LogP contribution is 2.33. The van der Waals surface area contributed by atoms with Gasteiger partial charge >= 0.3 is 0 Å². The number of hydrogen-bond donors (Lipinski definition) is 0. The van der Waals surface area contributed by atoms with Crippen molar-refractivity contribution in [3.63, 3.8) is 0 Å². The number of nitrogens with zero attached hydrogens (tertiary/aromatic N) is 2. The van der Waals surface area contributed by atoms with Gasteiger partial charge in [-0.2, -0.15) is 0 Å². The molecule has 0 bridgehead atoms. The lowest BCUT2D eigenvalue weighted by Crippen LogP contribution is -2.03. The molecule has 1 aliphatic heterocycles. The van der Waals surface area contributed by atoms with Crippen molar-refractivity contribution in [3.05, 3.63) is 33.9 Å². The Balaban J connectivity index is 2.47. The minimum absolute atomic E-state index is 0.169.